The van der Waals surface area contributed by atoms with E-state index in [1.165, 1.54) is 4.90 Å². The molecule has 0 saturated heterocycles. The van der Waals surface area contributed by atoms with Crippen LogP contribution in [0.1, 0.15) is 32.1 Å². The average Bonchev–Trinajstić information content (AvgIpc) is 3.11. The van der Waals surface area contributed by atoms with Crippen LogP contribution in [0, 0.1) is 0 Å². The summed E-state index contributed by atoms with van der Waals surface area (Å²) in [7, 11) is 0. The molecule has 0 radical (unpaired) electrons. The van der Waals surface area contributed by atoms with Crippen LogP contribution in [0.2, 0.25) is 0 Å². The number of nitrogens with one attached hydrogen (secondary N) is 1. The Morgan fingerprint density at radius 2 is 2.11 bits per heavy atom. The van der Waals surface area contributed by atoms with Crippen LogP contribution in [0.5, 0.6) is 0 Å². The van der Waals surface area contributed by atoms with Crippen LogP contribution in [0.4, 0.5) is 0 Å². The molecule has 1 heterocycles. The van der Waals surface area contributed by atoms with Gasteiger partial charge in [-0.15, -0.1) is 11.8 Å². The number of aliphatic carboxylic acids is 1. The van der Waals surface area contributed by atoms with Crippen molar-refractivity contribution in [2.45, 2.75) is 53.8 Å². The topological polar surface area (TPSA) is 62.2 Å². The van der Waals surface area contributed by atoms with Gasteiger partial charge in [-0.05, 0) is 44.2 Å². The molecule has 1 aromatic heterocycles. The molecular weight excluding hydrogens is 260 g/mol. The van der Waals surface area contributed by atoms with Crippen molar-refractivity contribution in [3.05, 3.63) is 24.5 Å². The van der Waals surface area contributed by atoms with Crippen LogP contribution >= 0.6 is 11.8 Å². The van der Waals surface area contributed by atoms with Crippen LogP contribution < -0.4 is 5.32 Å². The Bertz CT molecular complexity index is 464. The Balaban J connectivity index is 1.65. The maximum Gasteiger partial charge on any atom is 0.323 e. The molecule has 4 nitrogen and oxygen atoms in total. The first-order valence-electron chi connectivity index (χ1n) is 6.76. The molecule has 102 valence electrons. The van der Waals surface area contributed by atoms with Gasteiger partial charge in [0.05, 0.1) is 0 Å². The molecule has 19 heavy (non-hydrogen) atoms. The summed E-state index contributed by atoms with van der Waals surface area (Å²) in [6.07, 6.45) is 8.22. The second-order valence-corrected chi connectivity index (χ2v) is 6.85. The van der Waals surface area contributed by atoms with Crippen molar-refractivity contribution >= 4 is 17.7 Å². The minimum absolute atomic E-state index is 0.379. The Labute approximate surface area is 117 Å². The van der Waals surface area contributed by atoms with E-state index in [4.69, 9.17) is 0 Å². The molecule has 2 saturated carbocycles. The number of carbonyl (C=O) groups is 1. The summed E-state index contributed by atoms with van der Waals surface area (Å²) in [6, 6.07) is 4.40. The van der Waals surface area contributed by atoms with Gasteiger partial charge in [0.15, 0.2) is 0 Å². The fourth-order valence-electron chi connectivity index (χ4n) is 2.72. The summed E-state index contributed by atoms with van der Waals surface area (Å²) in [5, 5.41) is 13.3. The molecule has 0 aliphatic heterocycles. The highest BCUT2D eigenvalue weighted by molar-refractivity contribution is 8.00. The lowest BCUT2D eigenvalue weighted by molar-refractivity contribution is -0.144. The zero-order valence-corrected chi connectivity index (χ0v) is 11.5. The van der Waals surface area contributed by atoms with Crippen LogP contribution in [-0.4, -0.2) is 32.9 Å². The van der Waals surface area contributed by atoms with E-state index in [1.54, 1.807) is 24.2 Å². The number of aromatic nitrogens is 1. The number of carboxylic acid groups (broad SMARTS) is 1. The number of hydrogen-bond donors (Lipinski definition) is 2. The van der Waals surface area contributed by atoms with Gasteiger partial charge in [-0.25, -0.2) is 0 Å². The molecule has 0 amide bonds. The molecule has 3 rings (SSSR count). The third-order valence-electron chi connectivity index (χ3n) is 3.89. The van der Waals surface area contributed by atoms with Crippen LogP contribution in [0.15, 0.2) is 29.4 Å². The van der Waals surface area contributed by atoms with Crippen molar-refractivity contribution < 1.29 is 9.90 Å². The Kier molecular flexibility index (Phi) is 3.50. The smallest absolute Gasteiger partial charge is 0.323 e. The Morgan fingerprint density at radius 3 is 2.74 bits per heavy atom. The molecule has 2 aliphatic rings. The van der Waals surface area contributed by atoms with E-state index in [2.05, 4.69) is 10.3 Å². The molecule has 0 bridgehead atoms. The molecule has 5 heteroatoms. The van der Waals surface area contributed by atoms with E-state index in [0.29, 0.717) is 17.7 Å². The second kappa shape index (κ2) is 5.13. The molecule has 2 fully saturated rings. The van der Waals surface area contributed by atoms with E-state index in [-0.39, 0.29) is 0 Å². The first-order chi connectivity index (χ1) is 9.18. The summed E-state index contributed by atoms with van der Waals surface area (Å²) in [5.41, 5.74) is -0.689. The van der Waals surface area contributed by atoms with Gasteiger partial charge in [-0.3, -0.25) is 15.1 Å². The van der Waals surface area contributed by atoms with E-state index < -0.39 is 11.5 Å². The fraction of sp³-hybridized carbons (Fsp3) is 0.571. The fourth-order valence-corrected chi connectivity index (χ4v) is 3.98. The minimum atomic E-state index is -0.689. The molecule has 2 atom stereocenters. The largest absolute Gasteiger partial charge is 0.480 e. The minimum Gasteiger partial charge on any atom is -0.480 e. The van der Waals surface area contributed by atoms with Crippen molar-refractivity contribution in [2.75, 3.05) is 0 Å². The lowest BCUT2D eigenvalue weighted by Gasteiger charge is -2.26. The van der Waals surface area contributed by atoms with E-state index in [0.717, 1.165) is 25.7 Å². The maximum absolute atomic E-state index is 11.6. The van der Waals surface area contributed by atoms with E-state index >= 15 is 0 Å². The van der Waals surface area contributed by atoms with Gasteiger partial charge >= 0.3 is 5.97 Å². The van der Waals surface area contributed by atoms with Gasteiger partial charge < -0.3 is 5.11 Å². The first-order valence-corrected chi connectivity index (χ1v) is 7.64. The molecule has 2 aliphatic carbocycles. The zero-order valence-electron chi connectivity index (χ0n) is 10.7. The molecule has 2 unspecified atom stereocenters. The van der Waals surface area contributed by atoms with Crippen LogP contribution in [0.25, 0.3) is 0 Å². The van der Waals surface area contributed by atoms with Crippen molar-refractivity contribution in [3.63, 3.8) is 0 Å². The van der Waals surface area contributed by atoms with Gasteiger partial charge in [-0.1, -0.05) is 0 Å². The number of carboxylic acids is 1. The first kappa shape index (κ1) is 12.9. The number of nitrogens with zero attached hydrogens (tertiary/aromatic N) is 1. The molecule has 2 N–H and O–H groups in total. The van der Waals surface area contributed by atoms with Crippen molar-refractivity contribution in [2.24, 2.45) is 0 Å². The maximum atomic E-state index is 11.6. The van der Waals surface area contributed by atoms with Crippen LogP contribution in [0.3, 0.4) is 0 Å². The Hall–Kier alpha value is -1.07. The monoisotopic (exact) mass is 278 g/mol. The molecule has 0 spiro atoms. The molecule has 1 aromatic rings. The quantitative estimate of drug-likeness (QED) is 0.865. The normalized spacial score (nSPS) is 30.4. The zero-order chi connectivity index (χ0) is 13.3. The summed E-state index contributed by atoms with van der Waals surface area (Å²) in [4.78, 5) is 16.8. The average molecular weight is 278 g/mol. The summed E-state index contributed by atoms with van der Waals surface area (Å²) < 4.78 is 0. The highest BCUT2D eigenvalue weighted by Crippen LogP contribution is 2.41. The summed E-state index contributed by atoms with van der Waals surface area (Å²) in [5.74, 6) is -0.683. The lowest BCUT2D eigenvalue weighted by atomic mass is 9.98. The van der Waals surface area contributed by atoms with Gasteiger partial charge in [0.1, 0.15) is 5.54 Å². The van der Waals surface area contributed by atoms with Gasteiger partial charge in [0.25, 0.3) is 0 Å². The van der Waals surface area contributed by atoms with Crippen molar-refractivity contribution in [1.82, 2.24) is 10.3 Å². The third-order valence-corrected chi connectivity index (χ3v) is 5.17. The van der Waals surface area contributed by atoms with Crippen LogP contribution in [-0.2, 0) is 4.79 Å². The van der Waals surface area contributed by atoms with Crippen molar-refractivity contribution in [3.8, 4) is 0 Å². The highest BCUT2D eigenvalue weighted by Gasteiger charge is 2.48. The number of hydrogen-bond acceptors (Lipinski definition) is 4. The highest BCUT2D eigenvalue weighted by atomic mass is 32.2. The SMILES string of the molecule is O=C(O)C1(NC2CC2)CCC(Sc2ccncc2)C1. The number of rotatable bonds is 5. The molecular formula is C14H18N2O2S. The Morgan fingerprint density at radius 1 is 1.37 bits per heavy atom. The van der Waals surface area contributed by atoms with E-state index in [1.807, 2.05) is 12.1 Å². The summed E-state index contributed by atoms with van der Waals surface area (Å²) >= 11 is 1.78. The number of pyridine rings is 1. The van der Waals surface area contributed by atoms with Gasteiger partial charge in [0.2, 0.25) is 0 Å². The standard InChI is InChI=1S/C14H18N2O2S/c17-13(18)14(16-10-1-2-10)6-3-12(9-14)19-11-4-7-15-8-5-11/h4-5,7-8,10,12,16H,1-3,6,9H2,(H,17,18). The second-order valence-electron chi connectivity index (χ2n) is 5.47. The third kappa shape index (κ3) is 2.92. The lowest BCUT2D eigenvalue weighted by Crippen LogP contribution is -2.51. The summed E-state index contributed by atoms with van der Waals surface area (Å²) in [6.45, 7) is 0. The number of thioether (sulfide) groups is 1. The van der Waals surface area contributed by atoms with Crippen molar-refractivity contribution in [1.29, 1.82) is 0 Å². The van der Waals surface area contributed by atoms with Gasteiger partial charge in [-0.2, -0.15) is 0 Å². The van der Waals surface area contributed by atoms with E-state index in [9.17, 15) is 9.90 Å². The molecule has 0 aromatic carbocycles. The predicted octanol–water partition coefficient (Wildman–Crippen LogP) is 2.30. The van der Waals surface area contributed by atoms with Gasteiger partial charge in [0, 0.05) is 28.6 Å². The predicted molar refractivity (Wildman–Crippen MR) is 74.3 cm³/mol.